The molecular formula is C19H21N5O2S. The van der Waals surface area contributed by atoms with E-state index in [-0.39, 0.29) is 18.0 Å². The molecule has 1 N–H and O–H groups in total. The van der Waals surface area contributed by atoms with E-state index in [4.69, 9.17) is 0 Å². The van der Waals surface area contributed by atoms with E-state index in [1.54, 1.807) is 6.07 Å². The number of anilines is 1. The largest absolute Gasteiger partial charge is 0.300 e. The van der Waals surface area contributed by atoms with Crippen LogP contribution in [0.2, 0.25) is 0 Å². The maximum Gasteiger partial charge on any atom is 0.269 e. The van der Waals surface area contributed by atoms with Gasteiger partial charge in [-0.1, -0.05) is 18.6 Å². The van der Waals surface area contributed by atoms with E-state index in [0.29, 0.717) is 16.2 Å². The quantitative estimate of drug-likeness (QED) is 0.732. The lowest BCUT2D eigenvalue weighted by Gasteiger charge is -2.25. The Morgan fingerprint density at radius 3 is 2.85 bits per heavy atom. The molecule has 0 aliphatic carbocycles. The number of para-hydroxylation sites is 2. The van der Waals surface area contributed by atoms with Gasteiger partial charge in [0.1, 0.15) is 6.54 Å². The van der Waals surface area contributed by atoms with Crippen molar-refractivity contribution in [3.63, 3.8) is 0 Å². The second-order valence-electron chi connectivity index (χ2n) is 6.70. The topological polar surface area (TPSA) is 80.1 Å². The number of fused-ring (bicyclic) bond motifs is 1. The fourth-order valence-corrected chi connectivity index (χ4v) is 4.08. The number of benzene rings is 1. The first-order valence-corrected chi connectivity index (χ1v) is 9.98. The van der Waals surface area contributed by atoms with Crippen LogP contribution in [0.15, 0.2) is 40.6 Å². The van der Waals surface area contributed by atoms with E-state index in [0.717, 1.165) is 25.3 Å². The monoisotopic (exact) mass is 383 g/mol. The normalized spacial score (nSPS) is 15.1. The van der Waals surface area contributed by atoms with Crippen LogP contribution in [0.4, 0.5) is 5.13 Å². The van der Waals surface area contributed by atoms with Crippen LogP contribution in [-0.4, -0.2) is 38.4 Å². The molecule has 3 aromatic rings. The Labute approximate surface area is 160 Å². The number of aromatic nitrogens is 3. The van der Waals surface area contributed by atoms with Crippen LogP contribution in [0.25, 0.3) is 11.0 Å². The summed E-state index contributed by atoms with van der Waals surface area (Å²) in [5.41, 5.74) is 2.01. The molecule has 1 saturated heterocycles. The summed E-state index contributed by atoms with van der Waals surface area (Å²) in [5, 5.41) is 5.36. The van der Waals surface area contributed by atoms with Gasteiger partial charge < -0.3 is 5.32 Å². The average Bonchev–Trinajstić information content (AvgIpc) is 3.11. The Bertz CT molecular complexity index is 1010. The highest BCUT2D eigenvalue weighted by Gasteiger charge is 2.14. The first-order chi connectivity index (χ1) is 13.2. The summed E-state index contributed by atoms with van der Waals surface area (Å²) >= 11 is 1.42. The molecule has 27 heavy (non-hydrogen) atoms. The van der Waals surface area contributed by atoms with E-state index in [1.165, 1.54) is 41.4 Å². The minimum absolute atomic E-state index is 0.0666. The molecule has 0 spiro atoms. The van der Waals surface area contributed by atoms with Crippen LogP contribution >= 0.6 is 11.3 Å². The van der Waals surface area contributed by atoms with Crippen molar-refractivity contribution in [2.75, 3.05) is 18.4 Å². The van der Waals surface area contributed by atoms with Gasteiger partial charge >= 0.3 is 0 Å². The molecule has 1 fully saturated rings. The zero-order valence-electron chi connectivity index (χ0n) is 14.9. The van der Waals surface area contributed by atoms with Gasteiger partial charge in [-0.05, 0) is 38.1 Å². The average molecular weight is 383 g/mol. The minimum atomic E-state index is -0.297. The fraction of sp³-hybridized carbons (Fsp3) is 0.368. The highest BCUT2D eigenvalue weighted by molar-refractivity contribution is 7.13. The number of likely N-dealkylation sites (tertiary alicyclic amines) is 1. The second kappa shape index (κ2) is 7.98. The predicted molar refractivity (Wildman–Crippen MR) is 106 cm³/mol. The zero-order chi connectivity index (χ0) is 18.6. The number of nitrogens with zero attached hydrogens (tertiary/aromatic N) is 4. The third kappa shape index (κ3) is 4.23. The highest BCUT2D eigenvalue weighted by atomic mass is 32.1. The number of carbonyl (C=O) groups excluding carboxylic acids is 1. The third-order valence-corrected chi connectivity index (χ3v) is 5.49. The van der Waals surface area contributed by atoms with Gasteiger partial charge in [0.25, 0.3) is 5.56 Å². The second-order valence-corrected chi connectivity index (χ2v) is 7.56. The summed E-state index contributed by atoms with van der Waals surface area (Å²) in [4.78, 5) is 35.6. The smallest absolute Gasteiger partial charge is 0.269 e. The minimum Gasteiger partial charge on any atom is -0.300 e. The van der Waals surface area contributed by atoms with Crippen LogP contribution in [0, 0.1) is 0 Å². The summed E-state index contributed by atoms with van der Waals surface area (Å²) in [5.74, 6) is -0.271. The van der Waals surface area contributed by atoms with Gasteiger partial charge in [0.15, 0.2) is 5.13 Å². The molecule has 1 aliphatic heterocycles. The fourth-order valence-electron chi connectivity index (χ4n) is 3.36. The maximum absolute atomic E-state index is 12.4. The molecule has 1 aromatic carbocycles. The van der Waals surface area contributed by atoms with E-state index >= 15 is 0 Å². The molecule has 1 aliphatic rings. The van der Waals surface area contributed by atoms with Gasteiger partial charge in [-0.15, -0.1) is 11.3 Å². The number of rotatable bonds is 5. The van der Waals surface area contributed by atoms with Gasteiger partial charge in [-0.3, -0.25) is 19.1 Å². The van der Waals surface area contributed by atoms with E-state index in [1.807, 2.05) is 23.6 Å². The van der Waals surface area contributed by atoms with Crippen molar-refractivity contribution in [1.82, 2.24) is 19.4 Å². The van der Waals surface area contributed by atoms with E-state index in [2.05, 4.69) is 20.2 Å². The Hall–Kier alpha value is -2.58. The van der Waals surface area contributed by atoms with Crippen LogP contribution in [0.3, 0.4) is 0 Å². The molecule has 0 radical (unpaired) electrons. The van der Waals surface area contributed by atoms with Gasteiger partial charge in [-0.2, -0.15) is 0 Å². The van der Waals surface area contributed by atoms with E-state index in [9.17, 15) is 9.59 Å². The molecular weight excluding hydrogens is 362 g/mol. The lowest BCUT2D eigenvalue weighted by atomic mass is 10.1. The lowest BCUT2D eigenvalue weighted by molar-refractivity contribution is -0.116. The number of hydrogen-bond acceptors (Lipinski definition) is 6. The van der Waals surface area contributed by atoms with Gasteiger partial charge in [-0.25, -0.2) is 9.97 Å². The summed E-state index contributed by atoms with van der Waals surface area (Å²) in [6.45, 7) is 2.97. The molecule has 3 heterocycles. The third-order valence-electron chi connectivity index (χ3n) is 4.69. The summed E-state index contributed by atoms with van der Waals surface area (Å²) in [7, 11) is 0. The number of piperidine rings is 1. The summed E-state index contributed by atoms with van der Waals surface area (Å²) < 4.78 is 1.43. The molecule has 0 atom stereocenters. The number of carbonyl (C=O) groups is 1. The molecule has 140 valence electrons. The van der Waals surface area contributed by atoms with Crippen LogP contribution < -0.4 is 10.9 Å². The van der Waals surface area contributed by atoms with Crippen LogP contribution in [0.1, 0.15) is 25.0 Å². The Morgan fingerprint density at radius 2 is 2.00 bits per heavy atom. The molecule has 1 amide bonds. The van der Waals surface area contributed by atoms with Crippen molar-refractivity contribution in [2.45, 2.75) is 32.4 Å². The number of amides is 1. The SMILES string of the molecule is O=C(Cn1c(=O)cnc2ccccc21)Nc1nc(CN2CCCCC2)cs1. The van der Waals surface area contributed by atoms with Gasteiger partial charge in [0, 0.05) is 11.9 Å². The number of hydrogen-bond donors (Lipinski definition) is 1. The van der Waals surface area contributed by atoms with Crippen molar-refractivity contribution >= 4 is 33.4 Å². The summed E-state index contributed by atoms with van der Waals surface area (Å²) in [6.07, 6.45) is 5.03. The maximum atomic E-state index is 12.4. The Balaban J connectivity index is 1.43. The number of nitrogens with one attached hydrogen (secondary N) is 1. The standard InChI is InChI=1S/C19H21N5O2S/c25-17(12-24-16-7-3-2-6-15(16)20-10-18(24)26)22-19-21-14(13-27-19)11-23-8-4-1-5-9-23/h2-3,6-7,10,13H,1,4-5,8-9,11-12H2,(H,21,22,25). The molecule has 4 rings (SSSR count). The van der Waals surface area contributed by atoms with Gasteiger partial charge in [0.2, 0.25) is 5.91 Å². The van der Waals surface area contributed by atoms with Crippen molar-refractivity contribution in [1.29, 1.82) is 0 Å². The Morgan fingerprint density at radius 1 is 1.19 bits per heavy atom. The van der Waals surface area contributed by atoms with Gasteiger partial charge in [0.05, 0.1) is 22.9 Å². The molecule has 0 unspecified atom stereocenters. The predicted octanol–water partition coefficient (Wildman–Crippen LogP) is 2.48. The zero-order valence-corrected chi connectivity index (χ0v) is 15.7. The molecule has 7 nitrogen and oxygen atoms in total. The van der Waals surface area contributed by atoms with Crippen molar-refractivity contribution in [2.24, 2.45) is 0 Å². The lowest BCUT2D eigenvalue weighted by Crippen LogP contribution is -2.29. The summed E-state index contributed by atoms with van der Waals surface area (Å²) in [6, 6.07) is 7.28. The first kappa shape index (κ1) is 17.8. The van der Waals surface area contributed by atoms with Crippen LogP contribution in [-0.2, 0) is 17.9 Å². The number of thiazole rings is 1. The molecule has 8 heteroatoms. The van der Waals surface area contributed by atoms with Crippen molar-refractivity contribution < 1.29 is 4.79 Å². The van der Waals surface area contributed by atoms with Crippen molar-refractivity contribution in [3.8, 4) is 0 Å². The molecule has 0 bridgehead atoms. The molecule has 2 aromatic heterocycles. The van der Waals surface area contributed by atoms with E-state index < -0.39 is 0 Å². The Kier molecular flexibility index (Phi) is 5.26. The molecule has 0 saturated carbocycles. The highest BCUT2D eigenvalue weighted by Crippen LogP contribution is 2.19. The first-order valence-electron chi connectivity index (χ1n) is 9.10. The van der Waals surface area contributed by atoms with Crippen LogP contribution in [0.5, 0.6) is 0 Å². The van der Waals surface area contributed by atoms with Crippen molar-refractivity contribution in [3.05, 3.63) is 51.9 Å².